The second kappa shape index (κ2) is 10.8. The van der Waals surface area contributed by atoms with E-state index < -0.39 is 0 Å². The second-order valence-corrected chi connectivity index (χ2v) is 8.46. The van der Waals surface area contributed by atoms with Crippen LogP contribution in [0.4, 0.5) is 0 Å². The van der Waals surface area contributed by atoms with Crippen LogP contribution in [-0.4, -0.2) is 44.1 Å². The summed E-state index contributed by atoms with van der Waals surface area (Å²) in [4.78, 5) is 14.9. The summed E-state index contributed by atoms with van der Waals surface area (Å²) < 4.78 is 17.2. The van der Waals surface area contributed by atoms with E-state index in [1.54, 1.807) is 14.2 Å². The average Bonchev–Trinajstić information content (AvgIpc) is 2.79. The normalized spacial score (nSPS) is 15.5. The van der Waals surface area contributed by atoms with E-state index in [1.807, 2.05) is 29.2 Å². The van der Waals surface area contributed by atoms with Gasteiger partial charge >= 0.3 is 0 Å². The van der Waals surface area contributed by atoms with Gasteiger partial charge in [0.1, 0.15) is 12.4 Å². The number of rotatable bonds is 9. The predicted molar refractivity (Wildman–Crippen MR) is 124 cm³/mol. The van der Waals surface area contributed by atoms with Crippen molar-refractivity contribution in [1.29, 1.82) is 0 Å². The Morgan fingerprint density at radius 3 is 2.42 bits per heavy atom. The van der Waals surface area contributed by atoms with Crippen molar-refractivity contribution in [3.05, 3.63) is 53.1 Å². The molecule has 0 aliphatic carbocycles. The number of halogens is 1. The van der Waals surface area contributed by atoms with Crippen LogP contribution < -0.4 is 14.2 Å². The summed E-state index contributed by atoms with van der Waals surface area (Å²) in [6.45, 7) is 5.35. The lowest BCUT2D eigenvalue weighted by molar-refractivity contribution is -0.134. The molecule has 1 aliphatic rings. The summed E-state index contributed by atoms with van der Waals surface area (Å²) in [5.41, 5.74) is 3.47. The summed E-state index contributed by atoms with van der Waals surface area (Å²) in [5, 5.41) is 0. The first-order chi connectivity index (χ1) is 15.0. The summed E-state index contributed by atoms with van der Waals surface area (Å²) in [5.74, 6) is 3.20. The number of methoxy groups -OCH3 is 2. The third-order valence-electron chi connectivity index (χ3n) is 5.80. The fraction of sp³-hybridized carbons (Fsp3) is 0.480. The van der Waals surface area contributed by atoms with E-state index in [4.69, 9.17) is 25.8 Å². The Bertz CT molecular complexity index is 882. The number of carbonyl (C=O) groups is 1. The van der Waals surface area contributed by atoms with Crippen molar-refractivity contribution in [3.8, 4) is 17.2 Å². The molecule has 0 unspecified atom stereocenters. The molecule has 3 rings (SSSR count). The smallest absolute Gasteiger partial charge is 0.223 e. The maximum absolute atomic E-state index is 12.9. The molecule has 0 radical (unpaired) electrons. The topological polar surface area (TPSA) is 48.0 Å². The zero-order valence-electron chi connectivity index (χ0n) is 18.8. The number of fused-ring (bicyclic) bond motifs is 1. The van der Waals surface area contributed by atoms with Crippen LogP contribution in [0.5, 0.6) is 17.2 Å². The standard InChI is InChI=1S/C25H32ClNO4/c1-17(2)18-7-9-20(10-8-18)31-16-22-21-15-24(30-4)23(29-3)14-19(21)11-13-27(22)25(28)6-5-12-26/h7-10,14-15,17,22H,5-6,11-13,16H2,1-4H3/t22-/m0/s1. The molecular weight excluding hydrogens is 414 g/mol. The minimum Gasteiger partial charge on any atom is -0.493 e. The third kappa shape index (κ3) is 5.45. The van der Waals surface area contributed by atoms with Crippen molar-refractivity contribution in [2.45, 2.75) is 45.1 Å². The summed E-state index contributed by atoms with van der Waals surface area (Å²) in [6, 6.07) is 12.0. The Morgan fingerprint density at radius 2 is 1.81 bits per heavy atom. The van der Waals surface area contributed by atoms with Crippen molar-refractivity contribution in [1.82, 2.24) is 4.90 Å². The summed E-state index contributed by atoms with van der Waals surface area (Å²) in [6.07, 6.45) is 1.87. The number of nitrogens with zero attached hydrogens (tertiary/aromatic N) is 1. The fourth-order valence-electron chi connectivity index (χ4n) is 3.99. The number of benzene rings is 2. The van der Waals surface area contributed by atoms with Gasteiger partial charge in [0.2, 0.25) is 5.91 Å². The van der Waals surface area contributed by atoms with Crippen LogP contribution in [0.3, 0.4) is 0 Å². The SMILES string of the molecule is COc1cc2c(cc1OC)[C@H](COc1ccc(C(C)C)cc1)N(C(=O)CCCCl)CC2. The predicted octanol–water partition coefficient (Wildman–Crippen LogP) is 5.35. The zero-order valence-corrected chi connectivity index (χ0v) is 19.6. The zero-order chi connectivity index (χ0) is 22.4. The number of hydrogen-bond donors (Lipinski definition) is 0. The lowest BCUT2D eigenvalue weighted by Gasteiger charge is -2.37. The average molecular weight is 446 g/mol. The van der Waals surface area contributed by atoms with Gasteiger partial charge in [-0.05, 0) is 59.7 Å². The molecule has 2 aromatic carbocycles. The Labute approximate surface area is 190 Å². The quantitative estimate of drug-likeness (QED) is 0.488. The minimum atomic E-state index is -0.198. The summed E-state index contributed by atoms with van der Waals surface area (Å²) in [7, 11) is 3.26. The highest BCUT2D eigenvalue weighted by Crippen LogP contribution is 2.38. The van der Waals surface area contributed by atoms with Gasteiger partial charge in [0, 0.05) is 18.8 Å². The number of carbonyl (C=O) groups excluding carboxylic acids is 1. The van der Waals surface area contributed by atoms with Gasteiger partial charge < -0.3 is 19.1 Å². The molecule has 2 aromatic rings. The Balaban J connectivity index is 1.88. The molecule has 0 bridgehead atoms. The van der Waals surface area contributed by atoms with Crippen LogP contribution in [0.15, 0.2) is 36.4 Å². The molecule has 1 heterocycles. The molecule has 0 N–H and O–H groups in total. The number of ether oxygens (including phenoxy) is 3. The van der Waals surface area contributed by atoms with Gasteiger partial charge in [0.15, 0.2) is 11.5 Å². The van der Waals surface area contributed by atoms with Gasteiger partial charge in [0.05, 0.1) is 20.3 Å². The molecule has 1 atom stereocenters. The third-order valence-corrected chi connectivity index (χ3v) is 6.07. The number of hydrogen-bond acceptors (Lipinski definition) is 4. The van der Waals surface area contributed by atoms with E-state index >= 15 is 0 Å². The van der Waals surface area contributed by atoms with E-state index in [9.17, 15) is 4.79 Å². The van der Waals surface area contributed by atoms with Crippen molar-refractivity contribution in [2.24, 2.45) is 0 Å². The fourth-order valence-corrected chi connectivity index (χ4v) is 4.13. The molecule has 6 heteroatoms. The largest absolute Gasteiger partial charge is 0.493 e. The van der Waals surface area contributed by atoms with Crippen molar-refractivity contribution >= 4 is 17.5 Å². The number of amides is 1. The maximum Gasteiger partial charge on any atom is 0.223 e. The molecule has 0 fully saturated rings. The maximum atomic E-state index is 12.9. The minimum absolute atomic E-state index is 0.102. The Morgan fingerprint density at radius 1 is 1.13 bits per heavy atom. The number of alkyl halides is 1. The van der Waals surface area contributed by atoms with E-state index in [1.165, 1.54) is 5.56 Å². The molecule has 1 amide bonds. The molecule has 0 saturated carbocycles. The van der Waals surface area contributed by atoms with Gasteiger partial charge in [-0.3, -0.25) is 4.79 Å². The van der Waals surface area contributed by atoms with E-state index in [2.05, 4.69) is 26.0 Å². The van der Waals surface area contributed by atoms with Crippen LogP contribution in [-0.2, 0) is 11.2 Å². The van der Waals surface area contributed by atoms with Crippen molar-refractivity contribution in [2.75, 3.05) is 33.3 Å². The van der Waals surface area contributed by atoms with Crippen molar-refractivity contribution < 1.29 is 19.0 Å². The van der Waals surface area contributed by atoms with Gasteiger partial charge in [-0.25, -0.2) is 0 Å². The first-order valence-corrected chi connectivity index (χ1v) is 11.3. The van der Waals surface area contributed by atoms with Gasteiger partial charge in [-0.2, -0.15) is 0 Å². The summed E-state index contributed by atoms with van der Waals surface area (Å²) >= 11 is 5.83. The monoisotopic (exact) mass is 445 g/mol. The van der Waals surface area contributed by atoms with E-state index in [0.717, 1.165) is 23.3 Å². The van der Waals surface area contributed by atoms with E-state index in [0.29, 0.717) is 49.3 Å². The first kappa shape index (κ1) is 23.3. The highest BCUT2D eigenvalue weighted by atomic mass is 35.5. The highest BCUT2D eigenvalue weighted by molar-refractivity contribution is 6.17. The van der Waals surface area contributed by atoms with Crippen LogP contribution in [0.2, 0.25) is 0 Å². The van der Waals surface area contributed by atoms with Crippen LogP contribution in [0.25, 0.3) is 0 Å². The van der Waals surface area contributed by atoms with Crippen LogP contribution in [0.1, 0.15) is 55.3 Å². The van der Waals surface area contributed by atoms with Gasteiger partial charge in [-0.15, -0.1) is 11.6 Å². The van der Waals surface area contributed by atoms with Crippen LogP contribution >= 0.6 is 11.6 Å². The van der Waals surface area contributed by atoms with E-state index in [-0.39, 0.29) is 11.9 Å². The second-order valence-electron chi connectivity index (χ2n) is 8.09. The highest BCUT2D eigenvalue weighted by Gasteiger charge is 2.32. The van der Waals surface area contributed by atoms with Gasteiger partial charge in [0.25, 0.3) is 0 Å². The lowest BCUT2D eigenvalue weighted by atomic mass is 9.91. The van der Waals surface area contributed by atoms with Crippen LogP contribution in [0, 0.1) is 0 Å². The molecule has 31 heavy (non-hydrogen) atoms. The molecule has 5 nitrogen and oxygen atoms in total. The molecule has 0 aromatic heterocycles. The van der Waals surface area contributed by atoms with Gasteiger partial charge in [-0.1, -0.05) is 26.0 Å². The molecular formula is C25H32ClNO4. The Hall–Kier alpha value is -2.40. The molecule has 0 spiro atoms. The van der Waals surface area contributed by atoms with Crippen molar-refractivity contribution in [3.63, 3.8) is 0 Å². The molecule has 1 aliphatic heterocycles. The first-order valence-electron chi connectivity index (χ1n) is 10.8. The Kier molecular flexibility index (Phi) is 8.08. The molecule has 168 valence electrons. The molecule has 0 saturated heterocycles. The lowest BCUT2D eigenvalue weighted by Crippen LogP contribution is -2.42.